The molecule has 0 aromatic rings. The Balaban J connectivity index is 2.65. The van der Waals surface area contributed by atoms with Gasteiger partial charge in [-0.2, -0.15) is 0 Å². The molecular formula is C11H22N2O2. The van der Waals surface area contributed by atoms with Gasteiger partial charge in [0.1, 0.15) is 18.0 Å². The van der Waals surface area contributed by atoms with E-state index in [-0.39, 0.29) is 17.6 Å². The molecule has 1 saturated heterocycles. The van der Waals surface area contributed by atoms with Crippen molar-refractivity contribution in [3.8, 4) is 0 Å². The first-order valence-corrected chi connectivity index (χ1v) is 5.29. The smallest absolute Gasteiger partial charge is 0.102 e. The maximum atomic E-state index is 8.08. The summed E-state index contributed by atoms with van der Waals surface area (Å²) < 4.78 is 10.7. The summed E-state index contributed by atoms with van der Waals surface area (Å²) in [7, 11) is 3.39. The zero-order valence-corrected chi connectivity index (χ0v) is 10.3. The predicted octanol–water partition coefficient (Wildman–Crippen LogP) is 1.36. The topological polar surface area (TPSA) is 45.5 Å². The fraction of sp³-hybridized carbons (Fsp3) is 0.909. The van der Waals surface area contributed by atoms with Crippen LogP contribution < -0.4 is 0 Å². The van der Waals surface area contributed by atoms with Crippen molar-refractivity contribution in [2.45, 2.75) is 33.0 Å². The highest BCUT2D eigenvalue weighted by molar-refractivity contribution is 5.84. The lowest BCUT2D eigenvalue weighted by Gasteiger charge is -2.28. The standard InChI is InChI=1S/C11H22N2O2/c1-11(2,3)10(12)13-6-8(14-4)9(7-13)15-5/h8-9,12H,6-7H2,1-5H3. The van der Waals surface area contributed by atoms with E-state index in [9.17, 15) is 0 Å². The van der Waals surface area contributed by atoms with Gasteiger partial charge in [-0.1, -0.05) is 20.8 Å². The van der Waals surface area contributed by atoms with E-state index in [1.807, 2.05) is 4.90 Å². The van der Waals surface area contributed by atoms with E-state index in [4.69, 9.17) is 14.9 Å². The van der Waals surface area contributed by atoms with E-state index in [0.29, 0.717) is 5.84 Å². The quantitative estimate of drug-likeness (QED) is 0.557. The maximum absolute atomic E-state index is 8.08. The van der Waals surface area contributed by atoms with Gasteiger partial charge in [-0.3, -0.25) is 5.41 Å². The van der Waals surface area contributed by atoms with Crippen molar-refractivity contribution in [3.05, 3.63) is 0 Å². The van der Waals surface area contributed by atoms with Gasteiger partial charge >= 0.3 is 0 Å². The fourth-order valence-electron chi connectivity index (χ4n) is 1.85. The van der Waals surface area contributed by atoms with E-state index in [0.717, 1.165) is 13.1 Å². The minimum Gasteiger partial charge on any atom is -0.377 e. The van der Waals surface area contributed by atoms with Crippen LogP contribution in [0, 0.1) is 10.8 Å². The monoisotopic (exact) mass is 214 g/mol. The molecule has 15 heavy (non-hydrogen) atoms. The van der Waals surface area contributed by atoms with Gasteiger partial charge in [0, 0.05) is 32.7 Å². The van der Waals surface area contributed by atoms with Gasteiger partial charge in [0.05, 0.1) is 0 Å². The Morgan fingerprint density at radius 3 is 1.80 bits per heavy atom. The third-order valence-electron chi connectivity index (χ3n) is 2.85. The molecule has 4 heteroatoms. The van der Waals surface area contributed by atoms with Crippen LogP contribution in [0.3, 0.4) is 0 Å². The van der Waals surface area contributed by atoms with Gasteiger partial charge < -0.3 is 14.4 Å². The Hall–Kier alpha value is -0.610. The number of likely N-dealkylation sites (tertiary alicyclic amines) is 1. The number of hydrogen-bond acceptors (Lipinski definition) is 3. The van der Waals surface area contributed by atoms with Crippen LogP contribution >= 0.6 is 0 Å². The van der Waals surface area contributed by atoms with Crippen molar-refractivity contribution in [2.75, 3.05) is 27.3 Å². The lowest BCUT2D eigenvalue weighted by atomic mass is 9.94. The molecule has 1 N–H and O–H groups in total. The van der Waals surface area contributed by atoms with Gasteiger partial charge in [-0.15, -0.1) is 0 Å². The summed E-state index contributed by atoms with van der Waals surface area (Å²) in [4.78, 5) is 2.04. The Bertz CT molecular complexity index is 223. The lowest BCUT2D eigenvalue weighted by molar-refractivity contribution is -0.00461. The highest BCUT2D eigenvalue weighted by atomic mass is 16.5. The maximum Gasteiger partial charge on any atom is 0.102 e. The number of nitrogens with zero attached hydrogens (tertiary/aromatic N) is 1. The first kappa shape index (κ1) is 12.5. The van der Waals surface area contributed by atoms with E-state index in [1.54, 1.807) is 14.2 Å². The summed E-state index contributed by atoms with van der Waals surface area (Å²) in [6.45, 7) is 7.67. The second-order valence-electron chi connectivity index (χ2n) is 5.05. The molecule has 1 aliphatic rings. The van der Waals surface area contributed by atoms with Gasteiger partial charge in [-0.05, 0) is 0 Å². The summed E-state index contributed by atoms with van der Waals surface area (Å²) in [5, 5.41) is 8.08. The Labute approximate surface area is 92.1 Å². The van der Waals surface area contributed by atoms with Crippen LogP contribution in [0.5, 0.6) is 0 Å². The average molecular weight is 214 g/mol. The zero-order valence-electron chi connectivity index (χ0n) is 10.3. The predicted molar refractivity (Wildman–Crippen MR) is 60.3 cm³/mol. The first-order valence-electron chi connectivity index (χ1n) is 5.29. The van der Waals surface area contributed by atoms with Gasteiger partial charge in [0.2, 0.25) is 0 Å². The molecule has 1 aliphatic heterocycles. The molecule has 0 radical (unpaired) electrons. The van der Waals surface area contributed by atoms with Gasteiger partial charge in [-0.25, -0.2) is 0 Å². The molecule has 0 bridgehead atoms. The largest absolute Gasteiger partial charge is 0.377 e. The molecule has 4 nitrogen and oxygen atoms in total. The molecule has 0 amide bonds. The van der Waals surface area contributed by atoms with Gasteiger partial charge in [0.25, 0.3) is 0 Å². The van der Waals surface area contributed by atoms with Crippen LogP contribution in [0.2, 0.25) is 0 Å². The Morgan fingerprint density at radius 1 is 1.13 bits per heavy atom. The Kier molecular flexibility index (Phi) is 3.73. The van der Waals surface area contributed by atoms with E-state index >= 15 is 0 Å². The van der Waals surface area contributed by atoms with Crippen LogP contribution in [-0.4, -0.2) is 50.3 Å². The molecule has 1 rings (SSSR count). The van der Waals surface area contributed by atoms with Crippen molar-refractivity contribution >= 4 is 5.84 Å². The molecule has 0 aliphatic carbocycles. The second-order valence-corrected chi connectivity index (χ2v) is 5.05. The van der Waals surface area contributed by atoms with E-state index < -0.39 is 0 Å². The van der Waals surface area contributed by atoms with Gasteiger partial charge in [0.15, 0.2) is 0 Å². The number of ether oxygens (including phenoxy) is 2. The fourth-order valence-corrected chi connectivity index (χ4v) is 1.85. The van der Waals surface area contributed by atoms with Crippen molar-refractivity contribution in [2.24, 2.45) is 5.41 Å². The third-order valence-corrected chi connectivity index (χ3v) is 2.85. The molecule has 0 aromatic heterocycles. The zero-order chi connectivity index (χ0) is 11.6. The van der Waals surface area contributed by atoms with Crippen LogP contribution in [-0.2, 0) is 9.47 Å². The normalized spacial score (nSPS) is 27.1. The summed E-state index contributed by atoms with van der Waals surface area (Å²) in [6.07, 6.45) is 0.162. The van der Waals surface area contributed by atoms with E-state index in [1.165, 1.54) is 0 Å². The summed E-state index contributed by atoms with van der Waals surface area (Å²) >= 11 is 0. The number of rotatable bonds is 2. The van der Waals surface area contributed by atoms with Crippen molar-refractivity contribution in [1.29, 1.82) is 5.41 Å². The molecule has 2 unspecified atom stereocenters. The molecule has 0 saturated carbocycles. The number of amidine groups is 1. The number of nitrogens with one attached hydrogen (secondary N) is 1. The SMILES string of the molecule is COC1CN(C(=N)C(C)(C)C)CC1OC. The van der Waals surface area contributed by atoms with E-state index in [2.05, 4.69) is 20.8 Å². The molecule has 0 aromatic carbocycles. The molecular weight excluding hydrogens is 192 g/mol. The first-order chi connectivity index (χ1) is 6.90. The lowest BCUT2D eigenvalue weighted by Crippen LogP contribution is -2.38. The molecule has 1 heterocycles. The molecule has 1 fully saturated rings. The molecule has 0 spiro atoms. The molecule has 88 valence electrons. The number of methoxy groups -OCH3 is 2. The van der Waals surface area contributed by atoms with Crippen LogP contribution in [0.4, 0.5) is 0 Å². The van der Waals surface area contributed by atoms with Crippen LogP contribution in [0.1, 0.15) is 20.8 Å². The highest BCUT2D eigenvalue weighted by Gasteiger charge is 2.36. The van der Waals surface area contributed by atoms with Crippen LogP contribution in [0.25, 0.3) is 0 Å². The van der Waals surface area contributed by atoms with Crippen LogP contribution in [0.15, 0.2) is 0 Å². The summed E-state index contributed by atoms with van der Waals surface area (Å²) in [5.41, 5.74) is -0.110. The highest BCUT2D eigenvalue weighted by Crippen LogP contribution is 2.23. The average Bonchev–Trinajstić information content (AvgIpc) is 2.57. The minimum atomic E-state index is -0.110. The summed E-state index contributed by atoms with van der Waals surface area (Å²) in [6, 6.07) is 0. The summed E-state index contributed by atoms with van der Waals surface area (Å²) in [5.74, 6) is 0.657. The number of hydrogen-bond donors (Lipinski definition) is 1. The Morgan fingerprint density at radius 2 is 1.53 bits per heavy atom. The van der Waals surface area contributed by atoms with Crippen molar-refractivity contribution in [1.82, 2.24) is 4.90 Å². The van der Waals surface area contributed by atoms with Crippen molar-refractivity contribution < 1.29 is 9.47 Å². The minimum absolute atomic E-state index is 0.0812. The molecule has 2 atom stereocenters. The second kappa shape index (κ2) is 4.49. The van der Waals surface area contributed by atoms with Crippen molar-refractivity contribution in [3.63, 3.8) is 0 Å². The third kappa shape index (κ3) is 2.69.